The number of rotatable bonds is 5. The average Bonchev–Trinajstić information content (AvgIpc) is 2.66. The summed E-state index contributed by atoms with van der Waals surface area (Å²) < 4.78 is 1.76. The van der Waals surface area contributed by atoms with E-state index in [9.17, 15) is 9.59 Å². The zero-order valence-electron chi connectivity index (χ0n) is 16.3. The van der Waals surface area contributed by atoms with Crippen LogP contribution in [0.15, 0.2) is 41.2 Å². The van der Waals surface area contributed by atoms with Crippen LogP contribution in [0.3, 0.4) is 0 Å². The zero-order valence-corrected chi connectivity index (χ0v) is 16.3. The number of hydrogen-bond donors (Lipinski definition) is 1. The largest absolute Gasteiger partial charge is 0.352 e. The summed E-state index contributed by atoms with van der Waals surface area (Å²) in [5, 5.41) is 2.87. The van der Waals surface area contributed by atoms with Crippen LogP contribution in [0, 0.1) is 20.8 Å². The Morgan fingerprint density at radius 2 is 1.74 bits per heavy atom. The van der Waals surface area contributed by atoms with Crippen LogP contribution in [0.25, 0.3) is 11.0 Å². The first-order chi connectivity index (χ1) is 12.9. The summed E-state index contributed by atoms with van der Waals surface area (Å²) in [4.78, 5) is 29.2. The fourth-order valence-corrected chi connectivity index (χ4v) is 3.07. The van der Waals surface area contributed by atoms with Crippen molar-refractivity contribution < 1.29 is 4.79 Å². The molecule has 0 unspecified atom stereocenters. The standard InChI is InChI=1S/C22H25N3O2/c1-5-10-23-21(26)18-8-6-17(7-9-18)13-25-20-12-15(3)14(2)11-19(20)24-16(4)22(25)27/h6-9,11-12H,5,10,13H2,1-4H3,(H,23,26). The Labute approximate surface area is 159 Å². The van der Waals surface area contributed by atoms with E-state index < -0.39 is 0 Å². The van der Waals surface area contributed by atoms with Gasteiger partial charge in [-0.2, -0.15) is 0 Å². The topological polar surface area (TPSA) is 64.0 Å². The Bertz CT molecular complexity index is 1050. The SMILES string of the molecule is CCCNC(=O)c1ccc(Cn2c(=O)c(C)nc3cc(C)c(C)cc32)cc1. The van der Waals surface area contributed by atoms with Gasteiger partial charge in [-0.15, -0.1) is 0 Å². The zero-order chi connectivity index (χ0) is 19.6. The molecule has 1 heterocycles. The third kappa shape index (κ3) is 3.92. The number of hydrogen-bond acceptors (Lipinski definition) is 3. The minimum Gasteiger partial charge on any atom is -0.352 e. The van der Waals surface area contributed by atoms with Crippen molar-refractivity contribution in [3.63, 3.8) is 0 Å². The van der Waals surface area contributed by atoms with E-state index in [-0.39, 0.29) is 11.5 Å². The minimum absolute atomic E-state index is 0.0723. The summed E-state index contributed by atoms with van der Waals surface area (Å²) in [5.74, 6) is -0.0723. The molecule has 3 rings (SSSR count). The molecule has 27 heavy (non-hydrogen) atoms. The summed E-state index contributed by atoms with van der Waals surface area (Å²) in [7, 11) is 0. The number of aromatic nitrogens is 2. The fraction of sp³-hybridized carbons (Fsp3) is 0.318. The van der Waals surface area contributed by atoms with Crippen molar-refractivity contribution in [2.24, 2.45) is 0 Å². The van der Waals surface area contributed by atoms with E-state index in [2.05, 4.69) is 10.3 Å². The van der Waals surface area contributed by atoms with Gasteiger partial charge in [0, 0.05) is 12.1 Å². The first-order valence-electron chi connectivity index (χ1n) is 9.26. The Morgan fingerprint density at radius 3 is 2.41 bits per heavy atom. The predicted octanol–water partition coefficient (Wildman–Crippen LogP) is 3.51. The Balaban J connectivity index is 1.97. The number of carbonyl (C=O) groups excluding carboxylic acids is 1. The van der Waals surface area contributed by atoms with Crippen LogP contribution in [0.1, 0.15) is 46.1 Å². The van der Waals surface area contributed by atoms with E-state index in [4.69, 9.17) is 0 Å². The molecule has 0 aliphatic rings. The van der Waals surface area contributed by atoms with Gasteiger partial charge in [-0.05, 0) is 68.1 Å². The van der Waals surface area contributed by atoms with Crippen LogP contribution >= 0.6 is 0 Å². The highest BCUT2D eigenvalue weighted by Gasteiger charge is 2.11. The third-order valence-corrected chi connectivity index (χ3v) is 4.82. The fourth-order valence-electron chi connectivity index (χ4n) is 3.07. The second-order valence-corrected chi connectivity index (χ2v) is 6.97. The Kier molecular flexibility index (Phi) is 5.40. The molecule has 0 aliphatic heterocycles. The van der Waals surface area contributed by atoms with Crippen molar-refractivity contribution in [1.29, 1.82) is 0 Å². The lowest BCUT2D eigenvalue weighted by Gasteiger charge is -2.13. The Morgan fingerprint density at radius 1 is 1.07 bits per heavy atom. The lowest BCUT2D eigenvalue weighted by molar-refractivity contribution is 0.0953. The van der Waals surface area contributed by atoms with E-state index >= 15 is 0 Å². The molecule has 0 spiro atoms. The smallest absolute Gasteiger partial charge is 0.272 e. The molecule has 0 bridgehead atoms. The highest BCUT2D eigenvalue weighted by molar-refractivity contribution is 5.94. The Hall–Kier alpha value is -2.95. The van der Waals surface area contributed by atoms with Gasteiger partial charge in [-0.25, -0.2) is 4.98 Å². The van der Waals surface area contributed by atoms with Crippen LogP contribution in [-0.4, -0.2) is 22.0 Å². The number of aryl methyl sites for hydroxylation is 3. The van der Waals surface area contributed by atoms with E-state index in [1.54, 1.807) is 23.6 Å². The molecule has 140 valence electrons. The van der Waals surface area contributed by atoms with Gasteiger partial charge >= 0.3 is 0 Å². The van der Waals surface area contributed by atoms with Gasteiger partial charge in [-0.1, -0.05) is 19.1 Å². The monoisotopic (exact) mass is 363 g/mol. The van der Waals surface area contributed by atoms with Crippen molar-refractivity contribution in [2.45, 2.75) is 40.7 Å². The van der Waals surface area contributed by atoms with Gasteiger partial charge < -0.3 is 9.88 Å². The van der Waals surface area contributed by atoms with E-state index in [1.807, 2.05) is 45.0 Å². The summed E-state index contributed by atoms with van der Waals surface area (Å²) in [5.41, 5.74) is 5.93. The number of carbonyl (C=O) groups is 1. The first kappa shape index (κ1) is 18.8. The van der Waals surface area contributed by atoms with Crippen molar-refractivity contribution in [1.82, 2.24) is 14.9 Å². The minimum atomic E-state index is -0.0875. The molecule has 0 radical (unpaired) electrons. The number of nitrogens with zero attached hydrogens (tertiary/aromatic N) is 2. The molecular formula is C22H25N3O2. The normalized spacial score (nSPS) is 11.0. The third-order valence-electron chi connectivity index (χ3n) is 4.82. The molecule has 1 aromatic heterocycles. The van der Waals surface area contributed by atoms with Gasteiger partial charge in [0.15, 0.2) is 0 Å². The van der Waals surface area contributed by atoms with Crippen molar-refractivity contribution in [2.75, 3.05) is 6.54 Å². The maximum atomic E-state index is 12.7. The maximum Gasteiger partial charge on any atom is 0.272 e. The molecule has 0 aliphatic carbocycles. The average molecular weight is 363 g/mol. The van der Waals surface area contributed by atoms with Crippen LogP contribution in [0.2, 0.25) is 0 Å². The molecule has 5 heteroatoms. The summed E-state index contributed by atoms with van der Waals surface area (Å²) in [6.07, 6.45) is 0.903. The number of nitrogens with one attached hydrogen (secondary N) is 1. The molecule has 0 saturated carbocycles. The van der Waals surface area contributed by atoms with Crippen LogP contribution in [-0.2, 0) is 6.54 Å². The summed E-state index contributed by atoms with van der Waals surface area (Å²) in [6, 6.07) is 11.4. The second-order valence-electron chi connectivity index (χ2n) is 6.97. The number of benzene rings is 2. The molecule has 0 fully saturated rings. The van der Waals surface area contributed by atoms with Crippen LogP contribution in [0.4, 0.5) is 0 Å². The molecular weight excluding hydrogens is 338 g/mol. The lowest BCUT2D eigenvalue weighted by Crippen LogP contribution is -2.25. The molecule has 0 saturated heterocycles. The first-order valence-corrected chi connectivity index (χ1v) is 9.26. The molecule has 5 nitrogen and oxygen atoms in total. The number of fused-ring (bicyclic) bond motifs is 1. The van der Waals surface area contributed by atoms with Gasteiger partial charge in [0.1, 0.15) is 5.69 Å². The van der Waals surface area contributed by atoms with Crippen molar-refractivity contribution in [3.8, 4) is 0 Å². The maximum absolute atomic E-state index is 12.7. The molecule has 0 atom stereocenters. The predicted molar refractivity (Wildman–Crippen MR) is 108 cm³/mol. The van der Waals surface area contributed by atoms with Gasteiger partial charge in [0.2, 0.25) is 0 Å². The highest BCUT2D eigenvalue weighted by atomic mass is 16.1. The van der Waals surface area contributed by atoms with Crippen LogP contribution < -0.4 is 10.9 Å². The van der Waals surface area contributed by atoms with Crippen molar-refractivity contribution >= 4 is 16.9 Å². The summed E-state index contributed by atoms with van der Waals surface area (Å²) in [6.45, 7) is 8.95. The van der Waals surface area contributed by atoms with Crippen LogP contribution in [0.5, 0.6) is 0 Å². The van der Waals surface area contributed by atoms with E-state index in [0.29, 0.717) is 24.3 Å². The van der Waals surface area contributed by atoms with Gasteiger partial charge in [0.25, 0.3) is 11.5 Å². The molecule has 2 aromatic carbocycles. The van der Waals surface area contributed by atoms with E-state index in [0.717, 1.165) is 34.1 Å². The molecule has 1 amide bonds. The number of amides is 1. The molecule has 1 N–H and O–H groups in total. The van der Waals surface area contributed by atoms with Gasteiger partial charge in [-0.3, -0.25) is 9.59 Å². The molecule has 3 aromatic rings. The summed E-state index contributed by atoms with van der Waals surface area (Å²) >= 11 is 0. The van der Waals surface area contributed by atoms with E-state index in [1.165, 1.54) is 0 Å². The van der Waals surface area contributed by atoms with Crippen molar-refractivity contribution in [3.05, 3.63) is 74.7 Å². The second kappa shape index (κ2) is 7.74. The quantitative estimate of drug-likeness (QED) is 0.754. The lowest BCUT2D eigenvalue weighted by atomic mass is 10.1. The highest BCUT2D eigenvalue weighted by Crippen LogP contribution is 2.18. The van der Waals surface area contributed by atoms with Gasteiger partial charge in [0.05, 0.1) is 17.6 Å².